The van der Waals surface area contributed by atoms with E-state index in [0.29, 0.717) is 22.2 Å². The molecular weight excluding hydrogens is 1410 g/mol. The maximum atomic E-state index is 13.4. The highest BCUT2D eigenvalue weighted by molar-refractivity contribution is 5.99. The Balaban J connectivity index is 0.000000224. The third kappa shape index (κ3) is 16.8. The Morgan fingerprint density at radius 3 is 1.03 bits per heavy atom. The number of likely N-dealkylation sites (tertiary alicyclic amines) is 2. The van der Waals surface area contributed by atoms with E-state index in [2.05, 4.69) is 116 Å². The van der Waals surface area contributed by atoms with E-state index < -0.39 is 0 Å². The fourth-order valence-corrected chi connectivity index (χ4v) is 14.4. The second-order valence-electron chi connectivity index (χ2n) is 26.2. The highest BCUT2D eigenvalue weighted by Crippen LogP contribution is 2.35. The first kappa shape index (κ1) is 77.7. The molecular formula is C78H84Cl6N14O4. The van der Waals surface area contributed by atoms with Crippen LogP contribution in [0.25, 0.3) is 89.2 Å². The molecule has 8 heterocycles. The summed E-state index contributed by atoms with van der Waals surface area (Å²) in [5, 5.41) is 0. The number of halogens is 6. The van der Waals surface area contributed by atoms with E-state index in [1.165, 1.54) is 11.1 Å². The number of aromatic nitrogens is 8. The first-order valence-corrected chi connectivity index (χ1v) is 33.7. The molecule has 24 heteroatoms. The van der Waals surface area contributed by atoms with Gasteiger partial charge in [-0.2, -0.15) is 0 Å². The van der Waals surface area contributed by atoms with Crippen LogP contribution in [0.2, 0.25) is 0 Å². The summed E-state index contributed by atoms with van der Waals surface area (Å²) >= 11 is 0. The van der Waals surface area contributed by atoms with Crippen molar-refractivity contribution in [3.8, 4) is 45.0 Å². The number of piperidine rings is 2. The van der Waals surface area contributed by atoms with E-state index in [1.54, 1.807) is 0 Å². The number of rotatable bonds is 12. The van der Waals surface area contributed by atoms with Gasteiger partial charge >= 0.3 is 11.4 Å². The molecule has 532 valence electrons. The van der Waals surface area contributed by atoms with Crippen molar-refractivity contribution in [2.45, 2.75) is 50.9 Å². The molecule has 0 spiro atoms. The minimum absolute atomic E-state index is 0. The normalized spacial score (nSPS) is 15.6. The van der Waals surface area contributed by atoms with Gasteiger partial charge in [0.05, 0.1) is 66.9 Å². The van der Waals surface area contributed by atoms with Crippen molar-refractivity contribution in [1.82, 2.24) is 68.4 Å². The number of piperazine rings is 2. The van der Waals surface area contributed by atoms with E-state index in [4.69, 9.17) is 19.9 Å². The molecule has 2 N–H and O–H groups in total. The summed E-state index contributed by atoms with van der Waals surface area (Å²) in [4.78, 5) is 91.9. The average molecular weight is 1490 g/mol. The molecule has 16 rings (SSSR count). The molecule has 102 heavy (non-hydrogen) atoms. The van der Waals surface area contributed by atoms with Crippen molar-refractivity contribution in [2.75, 3.05) is 92.6 Å². The van der Waals surface area contributed by atoms with Crippen molar-refractivity contribution in [3.05, 3.63) is 237 Å². The average Bonchev–Trinajstić information content (AvgIpc) is 1.16. The highest BCUT2D eigenvalue weighted by Gasteiger charge is 2.28. The minimum Gasteiger partial charge on any atom is -0.336 e. The van der Waals surface area contributed by atoms with Gasteiger partial charge in [0.25, 0.3) is 11.8 Å². The molecule has 4 aliphatic rings. The molecule has 4 aromatic heterocycles. The summed E-state index contributed by atoms with van der Waals surface area (Å²) in [6, 6.07) is 65.3. The number of imidazole rings is 2. The topological polar surface area (TPSA) is 181 Å². The summed E-state index contributed by atoms with van der Waals surface area (Å²) < 4.78 is 3.89. The number of carbonyl (C=O) groups is 2. The minimum atomic E-state index is -0.0187. The number of aromatic amines is 2. The lowest BCUT2D eigenvalue weighted by molar-refractivity contribution is 0.0657. The molecule has 0 saturated carbocycles. The number of hydrogen-bond acceptors (Lipinski definition) is 12. The lowest BCUT2D eigenvalue weighted by Crippen LogP contribution is -2.47. The van der Waals surface area contributed by atoms with Crippen LogP contribution in [0.3, 0.4) is 0 Å². The van der Waals surface area contributed by atoms with Crippen molar-refractivity contribution in [1.29, 1.82) is 0 Å². The summed E-state index contributed by atoms with van der Waals surface area (Å²) in [5.41, 5.74) is 17.7. The summed E-state index contributed by atoms with van der Waals surface area (Å²) in [5.74, 6) is 0.0891. The van der Waals surface area contributed by atoms with Crippen LogP contribution in [0.15, 0.2) is 204 Å². The molecule has 0 atom stereocenters. The summed E-state index contributed by atoms with van der Waals surface area (Å²) in [6.07, 6.45) is 3.75. The molecule has 12 aromatic rings. The van der Waals surface area contributed by atoms with Crippen LogP contribution in [0.4, 0.5) is 0 Å². The number of fused-ring (bicyclic) bond motifs is 4. The molecule has 4 saturated heterocycles. The van der Waals surface area contributed by atoms with Crippen molar-refractivity contribution < 1.29 is 9.59 Å². The predicted molar refractivity (Wildman–Crippen MR) is 423 cm³/mol. The Labute approximate surface area is 630 Å². The van der Waals surface area contributed by atoms with Crippen molar-refractivity contribution in [2.24, 2.45) is 0 Å². The van der Waals surface area contributed by atoms with Crippen LogP contribution in [0, 0.1) is 0 Å². The Morgan fingerprint density at radius 2 is 0.676 bits per heavy atom. The zero-order valence-corrected chi connectivity index (χ0v) is 61.7. The van der Waals surface area contributed by atoms with Gasteiger partial charge in [-0.05, 0) is 112 Å². The molecule has 0 unspecified atom stereocenters. The number of H-pyrrole nitrogens is 2. The monoisotopic (exact) mass is 1490 g/mol. The first-order chi connectivity index (χ1) is 47.0. The van der Waals surface area contributed by atoms with Gasteiger partial charge in [-0.15, -0.1) is 74.4 Å². The molecule has 0 aliphatic carbocycles. The number of benzene rings is 8. The number of likely N-dealkylation sites (N-methyl/N-ethyl adjacent to an activating group) is 2. The maximum absolute atomic E-state index is 13.4. The van der Waals surface area contributed by atoms with Crippen LogP contribution in [-0.4, -0.2) is 173 Å². The quantitative estimate of drug-likeness (QED) is 0.118. The lowest BCUT2D eigenvalue weighted by Gasteiger charge is -2.32. The molecule has 0 bridgehead atoms. The van der Waals surface area contributed by atoms with Crippen LogP contribution >= 0.6 is 74.4 Å². The smallest absolute Gasteiger partial charge is 0.326 e. The Morgan fingerprint density at radius 1 is 0.363 bits per heavy atom. The van der Waals surface area contributed by atoms with Crippen LogP contribution in [0.1, 0.15) is 69.6 Å². The van der Waals surface area contributed by atoms with Crippen LogP contribution < -0.4 is 11.4 Å². The van der Waals surface area contributed by atoms with E-state index >= 15 is 0 Å². The lowest BCUT2D eigenvalue weighted by atomic mass is 10.0. The van der Waals surface area contributed by atoms with Gasteiger partial charge in [0, 0.05) is 137 Å². The molecule has 2 amide bonds. The number of para-hydroxylation sites is 4. The number of nitrogens with zero attached hydrogens (tertiary/aromatic N) is 12. The third-order valence-electron chi connectivity index (χ3n) is 19.9. The van der Waals surface area contributed by atoms with Crippen molar-refractivity contribution in [3.63, 3.8) is 0 Å². The second-order valence-corrected chi connectivity index (χ2v) is 26.2. The standard InChI is InChI=1S/2C39H39N7O2.6ClH/c1-43-21-23-45(24-22-43)38(47)30-15-16-32-34(25-30)41-36(28-7-3-2-4-8-28)37(40-32)29-13-11-27(12-14-29)26-44-19-17-31(18-20-44)46-35-10-6-5-9-33(35)42-39(46)48;1-43-21-23-45(24-22-43)38(47)30-15-16-32-34(25-30)41-37(36(40-32)28-7-3-2-4-8-28)29-13-11-27(12-14-29)26-44-19-17-31(18-20-44)46-35-10-6-5-9-33(35)42-39(46)48;;;;;;/h2*2-16,25,31H,17-24,26H2,1H3,(H,42,48);6*1H. The Hall–Kier alpha value is -8.50. The van der Waals surface area contributed by atoms with Gasteiger partial charge in [-0.3, -0.25) is 28.5 Å². The van der Waals surface area contributed by atoms with Crippen molar-refractivity contribution >= 4 is 130 Å². The largest absolute Gasteiger partial charge is 0.336 e. The third-order valence-corrected chi connectivity index (χ3v) is 19.9. The summed E-state index contributed by atoms with van der Waals surface area (Å²) in [6.45, 7) is 11.9. The molecule has 18 nitrogen and oxygen atoms in total. The van der Waals surface area contributed by atoms with E-state index in [-0.39, 0.29) is 110 Å². The van der Waals surface area contributed by atoms with Gasteiger partial charge in [0.1, 0.15) is 0 Å². The summed E-state index contributed by atoms with van der Waals surface area (Å²) in [7, 11) is 4.18. The Kier molecular flexibility index (Phi) is 26.4. The molecule has 0 radical (unpaired) electrons. The van der Waals surface area contributed by atoms with Gasteiger partial charge in [0.2, 0.25) is 0 Å². The SMILES string of the molecule is CN1CCN(C(=O)c2ccc3nc(-c4ccc(CN5CCC(n6c(=O)[nH]c7ccccc76)CC5)cc4)c(-c4ccccc4)nc3c2)CC1.CN1CCN(C(=O)c2ccc3nc(-c4ccccc4)c(-c4ccc(CN5CCC(n6c(=O)[nH]c7ccccc76)CC5)cc4)nc3c2)CC1.Cl.Cl.Cl.Cl.Cl.Cl. The maximum Gasteiger partial charge on any atom is 0.326 e. The fraction of sp³-hybridized carbons (Fsp3) is 0.282. The van der Waals surface area contributed by atoms with E-state index in [0.717, 1.165) is 195 Å². The number of carbonyl (C=O) groups excluding carboxylic acids is 2. The molecule has 4 aliphatic heterocycles. The van der Waals surface area contributed by atoms with Gasteiger partial charge in [-0.1, -0.05) is 133 Å². The number of nitrogens with one attached hydrogen (secondary N) is 2. The number of amides is 2. The van der Waals surface area contributed by atoms with E-state index in [1.807, 2.05) is 140 Å². The number of hydrogen-bond donors (Lipinski definition) is 2. The highest BCUT2D eigenvalue weighted by atomic mass is 35.5. The second kappa shape index (κ2) is 34.6. The zero-order valence-electron chi connectivity index (χ0n) is 56.8. The van der Waals surface area contributed by atoms with Gasteiger partial charge < -0.3 is 29.6 Å². The Bertz CT molecular complexity index is 4930. The molecule has 8 aromatic carbocycles. The van der Waals surface area contributed by atoms with Gasteiger partial charge in [-0.25, -0.2) is 29.5 Å². The van der Waals surface area contributed by atoms with Crippen LogP contribution in [-0.2, 0) is 13.1 Å². The predicted octanol–water partition coefficient (Wildman–Crippen LogP) is 14.2. The first-order valence-electron chi connectivity index (χ1n) is 33.7. The fourth-order valence-electron chi connectivity index (χ4n) is 14.4. The van der Waals surface area contributed by atoms with Crippen LogP contribution in [0.5, 0.6) is 0 Å². The van der Waals surface area contributed by atoms with Gasteiger partial charge in [0.15, 0.2) is 0 Å². The molecule has 4 fully saturated rings. The van der Waals surface area contributed by atoms with E-state index in [9.17, 15) is 19.2 Å². The zero-order chi connectivity index (χ0) is 65.2.